The number of rotatable bonds is 11. The first-order valence-corrected chi connectivity index (χ1v) is 17.7. The molecule has 4 aromatic carbocycles. The van der Waals surface area contributed by atoms with E-state index in [1.165, 1.54) is 6.07 Å². The first-order valence-electron chi connectivity index (χ1n) is 15.7. The molecule has 0 saturated heterocycles. The lowest BCUT2D eigenvalue weighted by atomic mass is 9.89. The number of amides is 2. The van der Waals surface area contributed by atoms with Crippen LogP contribution in [-0.2, 0) is 27.5 Å². The van der Waals surface area contributed by atoms with Crippen LogP contribution in [0, 0.1) is 12.3 Å². The number of halogens is 4. The predicted octanol–water partition coefficient (Wildman–Crippen LogP) is 8.98. The number of allylic oxidation sites excluding steroid dienone is 1. The third-order valence-corrected chi connectivity index (χ3v) is 8.86. The van der Waals surface area contributed by atoms with Gasteiger partial charge in [0.1, 0.15) is 0 Å². The van der Waals surface area contributed by atoms with Crippen LogP contribution in [-0.4, -0.2) is 37.1 Å². The zero-order chi connectivity index (χ0) is 36.9. The summed E-state index contributed by atoms with van der Waals surface area (Å²) in [5, 5.41) is 5.56. The lowest BCUT2D eigenvalue weighted by molar-refractivity contribution is -0.137. The van der Waals surface area contributed by atoms with E-state index in [1.54, 1.807) is 49.4 Å². The van der Waals surface area contributed by atoms with Crippen LogP contribution >= 0.6 is 11.6 Å². The highest BCUT2D eigenvalue weighted by molar-refractivity contribution is 7.85. The van der Waals surface area contributed by atoms with Gasteiger partial charge in [0.15, 0.2) is 0 Å². The fourth-order valence-electron chi connectivity index (χ4n) is 5.14. The highest BCUT2D eigenvalue weighted by atomic mass is 35.5. The Kier molecular flexibility index (Phi) is 12.0. The van der Waals surface area contributed by atoms with Crippen LogP contribution in [0.2, 0.25) is 5.02 Å². The topological polar surface area (TPSA) is 113 Å². The van der Waals surface area contributed by atoms with Crippen LogP contribution < -0.4 is 10.6 Å². The number of carbonyl (C=O) groups excluding carboxylic acids is 2. The maximum absolute atomic E-state index is 13.9. The summed E-state index contributed by atoms with van der Waals surface area (Å²) < 4.78 is 70.3. The molecule has 4 aromatic rings. The average molecular weight is 727 g/mol. The maximum atomic E-state index is 13.9. The standard InChI is InChI=1S/C38H38ClF3N2O5S/c1-24-21-30(38(40,41)42)14-15-31(24)29-13-16-34(33(39)23-29)44-36(46)32(27-9-5-25(6-10-27)17-18-37(2,3)4)22-26-7-11-28(12-8-26)35(45)43-19-20-50(47,48)49/h5-18,21,23,32H,19-20,22H2,1-4H3,(H,43,45)(H,44,46)(H,47,48,49)/b18-17+. The third kappa shape index (κ3) is 11.0. The van der Waals surface area contributed by atoms with Gasteiger partial charge in [-0.05, 0) is 88.5 Å². The Labute approximate surface area is 295 Å². The SMILES string of the molecule is Cc1cc(C(F)(F)F)ccc1-c1ccc(NC(=O)C(Cc2ccc(C(=O)NCCS(=O)(=O)O)cc2)c2ccc(/C=C/C(C)(C)C)cc2)c(Cl)c1. The van der Waals surface area contributed by atoms with Crippen LogP contribution in [0.1, 0.15) is 64.9 Å². The number of alkyl halides is 3. The molecular weight excluding hydrogens is 689 g/mol. The van der Waals surface area contributed by atoms with Crippen LogP contribution in [0.25, 0.3) is 17.2 Å². The summed E-state index contributed by atoms with van der Waals surface area (Å²) in [6.07, 6.45) is -0.101. The minimum Gasteiger partial charge on any atom is -0.351 e. The first-order chi connectivity index (χ1) is 23.3. The van der Waals surface area contributed by atoms with E-state index in [-0.39, 0.29) is 34.9 Å². The molecule has 1 unspecified atom stereocenters. The van der Waals surface area contributed by atoms with Crippen molar-refractivity contribution in [2.45, 2.75) is 46.2 Å². The van der Waals surface area contributed by atoms with E-state index in [0.717, 1.165) is 28.8 Å². The zero-order valence-electron chi connectivity index (χ0n) is 27.9. The zero-order valence-corrected chi connectivity index (χ0v) is 29.5. The Hall–Kier alpha value is -4.45. The number of carbonyl (C=O) groups is 2. The fraction of sp³-hybridized carbons (Fsp3) is 0.263. The summed E-state index contributed by atoms with van der Waals surface area (Å²) in [6, 6.07) is 22.5. The van der Waals surface area contributed by atoms with Crippen molar-refractivity contribution in [3.63, 3.8) is 0 Å². The molecule has 0 aromatic heterocycles. The van der Waals surface area contributed by atoms with Crippen molar-refractivity contribution >= 4 is 45.3 Å². The van der Waals surface area contributed by atoms with Crippen LogP contribution in [0.15, 0.2) is 91.0 Å². The van der Waals surface area contributed by atoms with Gasteiger partial charge in [0.05, 0.1) is 27.9 Å². The van der Waals surface area contributed by atoms with E-state index < -0.39 is 39.4 Å². The molecule has 264 valence electrons. The molecule has 3 N–H and O–H groups in total. The maximum Gasteiger partial charge on any atom is 0.416 e. The minimum atomic E-state index is -4.46. The average Bonchev–Trinajstić information content (AvgIpc) is 3.02. The molecule has 50 heavy (non-hydrogen) atoms. The Morgan fingerprint density at radius 1 is 0.920 bits per heavy atom. The number of nitrogens with one attached hydrogen (secondary N) is 2. The van der Waals surface area contributed by atoms with Gasteiger partial charge in [0.2, 0.25) is 5.91 Å². The fourth-order valence-corrected chi connectivity index (χ4v) is 5.73. The van der Waals surface area contributed by atoms with Gasteiger partial charge in [-0.25, -0.2) is 0 Å². The molecule has 0 saturated carbocycles. The van der Waals surface area contributed by atoms with E-state index in [0.29, 0.717) is 22.4 Å². The van der Waals surface area contributed by atoms with E-state index >= 15 is 0 Å². The van der Waals surface area contributed by atoms with Gasteiger partial charge in [-0.3, -0.25) is 14.1 Å². The van der Waals surface area contributed by atoms with Crippen molar-refractivity contribution in [1.29, 1.82) is 0 Å². The van der Waals surface area contributed by atoms with Gasteiger partial charge in [-0.1, -0.05) is 93.1 Å². The van der Waals surface area contributed by atoms with Crippen molar-refractivity contribution in [2.75, 3.05) is 17.6 Å². The molecule has 0 spiro atoms. The molecule has 0 heterocycles. The number of benzene rings is 4. The highest BCUT2D eigenvalue weighted by Crippen LogP contribution is 2.36. The molecule has 0 bridgehead atoms. The van der Waals surface area contributed by atoms with Crippen molar-refractivity contribution in [3.8, 4) is 11.1 Å². The molecule has 2 amide bonds. The molecule has 0 fully saturated rings. The summed E-state index contributed by atoms with van der Waals surface area (Å²) in [5.41, 5.74) is 3.88. The van der Waals surface area contributed by atoms with Crippen LogP contribution in [0.3, 0.4) is 0 Å². The van der Waals surface area contributed by atoms with Gasteiger partial charge < -0.3 is 10.6 Å². The van der Waals surface area contributed by atoms with Gasteiger partial charge >= 0.3 is 6.18 Å². The van der Waals surface area contributed by atoms with E-state index in [9.17, 15) is 31.2 Å². The largest absolute Gasteiger partial charge is 0.416 e. The van der Waals surface area contributed by atoms with Crippen molar-refractivity contribution < 1.29 is 35.7 Å². The Bertz CT molecular complexity index is 1990. The molecule has 0 aliphatic carbocycles. The predicted molar refractivity (Wildman–Crippen MR) is 192 cm³/mol. The van der Waals surface area contributed by atoms with E-state index in [4.69, 9.17) is 16.2 Å². The van der Waals surface area contributed by atoms with Crippen LogP contribution in [0.4, 0.5) is 18.9 Å². The van der Waals surface area contributed by atoms with Crippen molar-refractivity contribution in [2.24, 2.45) is 5.41 Å². The smallest absolute Gasteiger partial charge is 0.351 e. The van der Waals surface area contributed by atoms with Gasteiger partial charge in [-0.2, -0.15) is 21.6 Å². The first kappa shape index (κ1) is 38.4. The molecule has 7 nitrogen and oxygen atoms in total. The Balaban J connectivity index is 1.58. The summed E-state index contributed by atoms with van der Waals surface area (Å²) in [6.45, 7) is 7.61. The monoisotopic (exact) mass is 726 g/mol. The third-order valence-electron chi connectivity index (χ3n) is 7.82. The van der Waals surface area contributed by atoms with E-state index in [2.05, 4.69) is 37.5 Å². The number of anilines is 1. The normalized spacial score (nSPS) is 12.9. The molecular formula is C38H38ClF3N2O5S. The Morgan fingerprint density at radius 3 is 2.14 bits per heavy atom. The molecule has 12 heteroatoms. The van der Waals surface area contributed by atoms with Gasteiger partial charge in [-0.15, -0.1) is 0 Å². The Morgan fingerprint density at radius 2 is 1.58 bits per heavy atom. The van der Waals surface area contributed by atoms with Crippen molar-refractivity contribution in [1.82, 2.24) is 5.32 Å². The van der Waals surface area contributed by atoms with Gasteiger partial charge in [0.25, 0.3) is 16.0 Å². The lowest BCUT2D eigenvalue weighted by Gasteiger charge is -2.19. The lowest BCUT2D eigenvalue weighted by Crippen LogP contribution is -2.28. The molecule has 4 rings (SSSR count). The second-order valence-corrected chi connectivity index (χ2v) is 15.1. The number of hydrogen-bond acceptors (Lipinski definition) is 4. The summed E-state index contributed by atoms with van der Waals surface area (Å²) in [5.74, 6) is -2.16. The molecule has 0 aliphatic heterocycles. The minimum absolute atomic E-state index is 0.0132. The quantitative estimate of drug-likeness (QED) is 0.134. The molecule has 0 aliphatic rings. The summed E-state index contributed by atoms with van der Waals surface area (Å²) in [7, 11) is -4.22. The van der Waals surface area contributed by atoms with Crippen molar-refractivity contribution in [3.05, 3.63) is 129 Å². The molecule has 0 radical (unpaired) electrons. The summed E-state index contributed by atoms with van der Waals surface area (Å²) >= 11 is 6.60. The second-order valence-electron chi connectivity index (χ2n) is 13.1. The number of hydrogen-bond donors (Lipinski definition) is 3. The second kappa shape index (κ2) is 15.6. The van der Waals surface area contributed by atoms with Crippen LogP contribution in [0.5, 0.6) is 0 Å². The van der Waals surface area contributed by atoms with Gasteiger partial charge in [0, 0.05) is 12.1 Å². The molecule has 1 atom stereocenters. The highest BCUT2D eigenvalue weighted by Gasteiger charge is 2.30. The number of aryl methyl sites for hydroxylation is 1. The summed E-state index contributed by atoms with van der Waals surface area (Å²) in [4.78, 5) is 26.4. The van der Waals surface area contributed by atoms with E-state index in [1.807, 2.05) is 30.3 Å².